The Hall–Kier alpha value is -2.92. The fourth-order valence-electron chi connectivity index (χ4n) is 3.14. The van der Waals surface area contributed by atoms with Crippen LogP contribution in [0.4, 0.5) is 0 Å². The lowest BCUT2D eigenvalue weighted by atomic mass is 10.1. The molecular weight excluding hydrogens is 380 g/mol. The van der Waals surface area contributed by atoms with E-state index in [1.54, 1.807) is 30.4 Å². The van der Waals surface area contributed by atoms with Crippen molar-refractivity contribution in [3.63, 3.8) is 0 Å². The van der Waals surface area contributed by atoms with Gasteiger partial charge in [-0.2, -0.15) is 0 Å². The Kier molecular flexibility index (Phi) is 7.19. The van der Waals surface area contributed by atoms with Crippen LogP contribution < -0.4 is 5.32 Å². The van der Waals surface area contributed by atoms with Gasteiger partial charge in [-0.3, -0.25) is 9.59 Å². The Morgan fingerprint density at radius 2 is 1.62 bits per heavy atom. The van der Waals surface area contributed by atoms with E-state index in [1.807, 2.05) is 41.3 Å². The second-order valence-corrected chi connectivity index (χ2v) is 8.44. The summed E-state index contributed by atoms with van der Waals surface area (Å²) in [7, 11) is 0. The van der Waals surface area contributed by atoms with Crippen LogP contribution in [0.1, 0.15) is 32.6 Å². The minimum absolute atomic E-state index is 0.0729. The largest absolute Gasteiger partial charge is 0.341 e. The predicted octanol–water partition coefficient (Wildman–Crippen LogP) is 4.45. The van der Waals surface area contributed by atoms with Gasteiger partial charge in [0.2, 0.25) is 5.91 Å². The number of hydrogen-bond acceptors (Lipinski definition) is 3. The van der Waals surface area contributed by atoms with Gasteiger partial charge in [-0.05, 0) is 50.1 Å². The number of carbonyl (C=O) groups is 2. The van der Waals surface area contributed by atoms with Crippen molar-refractivity contribution in [1.29, 1.82) is 0 Å². The monoisotopic (exact) mass is 406 g/mol. The summed E-state index contributed by atoms with van der Waals surface area (Å²) >= 11 is 1.70. The van der Waals surface area contributed by atoms with Gasteiger partial charge in [-0.15, -0.1) is 11.3 Å². The van der Waals surface area contributed by atoms with E-state index in [0.717, 1.165) is 11.3 Å². The summed E-state index contributed by atoms with van der Waals surface area (Å²) in [4.78, 5) is 29.8. The highest BCUT2D eigenvalue weighted by molar-refractivity contribution is 7.11. The molecule has 2 aromatic carbocycles. The molecule has 3 rings (SSSR count). The third-order valence-corrected chi connectivity index (χ3v) is 5.71. The van der Waals surface area contributed by atoms with Crippen molar-refractivity contribution in [2.45, 2.75) is 32.9 Å². The molecule has 2 amide bonds. The van der Waals surface area contributed by atoms with Crippen LogP contribution in [0.25, 0.3) is 0 Å². The van der Waals surface area contributed by atoms with Gasteiger partial charge in [0, 0.05) is 21.9 Å². The molecule has 0 radical (unpaired) electrons. The Morgan fingerprint density at radius 3 is 2.24 bits per heavy atom. The molecule has 0 fully saturated rings. The average molecular weight is 407 g/mol. The molecule has 1 atom stereocenters. The third kappa shape index (κ3) is 6.03. The smallest absolute Gasteiger partial charge is 0.251 e. The predicted molar refractivity (Wildman–Crippen MR) is 118 cm³/mol. The first kappa shape index (κ1) is 20.8. The zero-order chi connectivity index (χ0) is 20.6. The molecule has 0 spiro atoms. The van der Waals surface area contributed by atoms with Crippen LogP contribution >= 0.6 is 11.3 Å². The Morgan fingerprint density at radius 1 is 0.966 bits per heavy atom. The van der Waals surface area contributed by atoms with Crippen molar-refractivity contribution in [2.24, 2.45) is 0 Å². The van der Waals surface area contributed by atoms with E-state index in [4.69, 9.17) is 0 Å². The van der Waals surface area contributed by atoms with Crippen molar-refractivity contribution in [2.75, 3.05) is 6.54 Å². The molecule has 0 bridgehead atoms. The molecule has 1 unspecified atom stereocenters. The molecule has 29 heavy (non-hydrogen) atoms. The summed E-state index contributed by atoms with van der Waals surface area (Å²) in [6, 6.07) is 22.6. The summed E-state index contributed by atoms with van der Waals surface area (Å²) in [5, 5.41) is 2.84. The molecule has 1 heterocycles. The van der Waals surface area contributed by atoms with E-state index in [-0.39, 0.29) is 11.8 Å². The van der Waals surface area contributed by atoms with E-state index in [0.29, 0.717) is 18.7 Å². The first-order valence-corrected chi connectivity index (χ1v) is 10.6. The van der Waals surface area contributed by atoms with E-state index in [2.05, 4.69) is 36.5 Å². The van der Waals surface area contributed by atoms with Gasteiger partial charge in [0.15, 0.2) is 0 Å². The average Bonchev–Trinajstić information content (AvgIpc) is 3.16. The summed E-state index contributed by atoms with van der Waals surface area (Å²) in [5.74, 6) is -0.308. The molecule has 5 heteroatoms. The Bertz CT molecular complexity index is 938. The molecule has 0 saturated carbocycles. The van der Waals surface area contributed by atoms with Crippen LogP contribution in [0.3, 0.4) is 0 Å². The summed E-state index contributed by atoms with van der Waals surface area (Å²) in [6.45, 7) is 4.96. The molecule has 150 valence electrons. The molecule has 1 N–H and O–H groups in total. The van der Waals surface area contributed by atoms with Gasteiger partial charge in [0.05, 0.1) is 6.54 Å². The normalized spacial score (nSPS) is 11.7. The molecule has 0 aliphatic rings. The van der Waals surface area contributed by atoms with Crippen LogP contribution in [0, 0.1) is 6.92 Å². The van der Waals surface area contributed by atoms with E-state index in [1.165, 1.54) is 10.4 Å². The van der Waals surface area contributed by atoms with Crippen molar-refractivity contribution >= 4 is 23.2 Å². The number of hydrogen-bond donors (Lipinski definition) is 1. The third-order valence-electron chi connectivity index (χ3n) is 4.72. The van der Waals surface area contributed by atoms with Crippen LogP contribution in [-0.4, -0.2) is 29.3 Å². The quantitative estimate of drug-likeness (QED) is 0.601. The zero-order valence-electron chi connectivity index (χ0n) is 16.8. The summed E-state index contributed by atoms with van der Waals surface area (Å²) in [5.41, 5.74) is 1.74. The molecule has 1 aromatic heterocycles. The van der Waals surface area contributed by atoms with E-state index >= 15 is 0 Å². The number of benzene rings is 2. The standard InChI is InChI=1S/C24H26N2O2S/c1-18-13-14-22(29-18)17-26(16-15-20-9-5-3-6-10-20)24(28)19(2)25-23(27)21-11-7-4-8-12-21/h3-14,19H,15-17H2,1-2H3,(H,25,27). The Labute approximate surface area is 176 Å². The van der Waals surface area contributed by atoms with Gasteiger partial charge in [0.25, 0.3) is 5.91 Å². The molecule has 0 aliphatic heterocycles. The molecule has 0 saturated heterocycles. The van der Waals surface area contributed by atoms with Gasteiger partial charge in [-0.1, -0.05) is 48.5 Å². The summed E-state index contributed by atoms with van der Waals surface area (Å²) < 4.78 is 0. The number of nitrogens with one attached hydrogen (secondary N) is 1. The van der Waals surface area contributed by atoms with Crippen molar-refractivity contribution in [3.8, 4) is 0 Å². The maximum Gasteiger partial charge on any atom is 0.251 e. The molecule has 3 aromatic rings. The fraction of sp³-hybridized carbons (Fsp3) is 0.250. The highest BCUT2D eigenvalue weighted by Crippen LogP contribution is 2.18. The van der Waals surface area contributed by atoms with Crippen LogP contribution in [0.15, 0.2) is 72.8 Å². The zero-order valence-corrected chi connectivity index (χ0v) is 17.6. The van der Waals surface area contributed by atoms with Gasteiger partial charge >= 0.3 is 0 Å². The number of amides is 2. The van der Waals surface area contributed by atoms with Crippen LogP contribution in [0.2, 0.25) is 0 Å². The number of nitrogens with zero attached hydrogens (tertiary/aromatic N) is 1. The second-order valence-electron chi connectivity index (χ2n) is 7.07. The first-order chi connectivity index (χ1) is 14.0. The lowest BCUT2D eigenvalue weighted by Gasteiger charge is -2.26. The second kappa shape index (κ2) is 10.0. The van der Waals surface area contributed by atoms with Crippen LogP contribution in [-0.2, 0) is 17.8 Å². The van der Waals surface area contributed by atoms with Gasteiger partial charge < -0.3 is 10.2 Å². The number of carbonyl (C=O) groups excluding carboxylic acids is 2. The number of rotatable bonds is 8. The van der Waals surface area contributed by atoms with Crippen molar-refractivity contribution < 1.29 is 9.59 Å². The van der Waals surface area contributed by atoms with E-state index < -0.39 is 6.04 Å². The van der Waals surface area contributed by atoms with Gasteiger partial charge in [-0.25, -0.2) is 0 Å². The van der Waals surface area contributed by atoms with Gasteiger partial charge in [0.1, 0.15) is 6.04 Å². The topological polar surface area (TPSA) is 49.4 Å². The SMILES string of the molecule is Cc1ccc(CN(CCc2ccccc2)C(=O)C(C)NC(=O)c2ccccc2)s1. The number of thiophene rings is 1. The van der Waals surface area contributed by atoms with E-state index in [9.17, 15) is 9.59 Å². The molecule has 4 nitrogen and oxygen atoms in total. The Balaban J connectivity index is 1.69. The first-order valence-electron chi connectivity index (χ1n) is 9.77. The highest BCUT2D eigenvalue weighted by atomic mass is 32.1. The molecular formula is C24H26N2O2S. The highest BCUT2D eigenvalue weighted by Gasteiger charge is 2.23. The molecule has 0 aliphatic carbocycles. The van der Waals surface area contributed by atoms with Crippen molar-refractivity contribution in [1.82, 2.24) is 10.2 Å². The minimum atomic E-state index is -0.598. The minimum Gasteiger partial charge on any atom is -0.341 e. The number of aryl methyl sites for hydroxylation is 1. The summed E-state index contributed by atoms with van der Waals surface area (Å²) in [6.07, 6.45) is 0.774. The lowest BCUT2D eigenvalue weighted by Crippen LogP contribution is -2.47. The lowest BCUT2D eigenvalue weighted by molar-refractivity contribution is -0.133. The van der Waals surface area contributed by atoms with Crippen molar-refractivity contribution in [3.05, 3.63) is 93.7 Å². The van der Waals surface area contributed by atoms with Crippen LogP contribution in [0.5, 0.6) is 0 Å². The fourth-order valence-corrected chi connectivity index (χ4v) is 4.05. The maximum atomic E-state index is 13.2. The maximum absolute atomic E-state index is 13.2.